The van der Waals surface area contributed by atoms with E-state index in [-0.39, 0.29) is 30.7 Å². The fraction of sp³-hybridized carbons (Fsp3) is 0.333. The maximum Gasteiger partial charge on any atom is 0.387 e. The minimum Gasteiger partial charge on any atom is -0.481 e. The highest BCUT2D eigenvalue weighted by atomic mass is 19.3. The number of rotatable bonds is 7. The zero-order chi connectivity index (χ0) is 14.3. The van der Waals surface area contributed by atoms with Crippen molar-refractivity contribution in [2.45, 2.75) is 25.9 Å². The standard InChI is InChI=1S/C12H13F2NO4/c13-12(14)19-9-5-2-1-4-8(9)15-10(16)6-3-7-11(17)18/h1-2,4-5,12H,3,6-7H2,(H,15,16)(H,17,18). The quantitative estimate of drug-likeness (QED) is 0.800. The fourth-order valence-corrected chi connectivity index (χ4v) is 1.38. The monoisotopic (exact) mass is 273 g/mol. The Morgan fingerprint density at radius 3 is 2.58 bits per heavy atom. The van der Waals surface area contributed by atoms with Gasteiger partial charge in [0.1, 0.15) is 5.75 Å². The van der Waals surface area contributed by atoms with Crippen LogP contribution in [0.4, 0.5) is 14.5 Å². The van der Waals surface area contributed by atoms with Gasteiger partial charge in [0.25, 0.3) is 0 Å². The highest BCUT2D eigenvalue weighted by Crippen LogP contribution is 2.25. The van der Waals surface area contributed by atoms with Gasteiger partial charge in [0, 0.05) is 12.8 Å². The van der Waals surface area contributed by atoms with Crippen molar-refractivity contribution in [3.63, 3.8) is 0 Å². The smallest absolute Gasteiger partial charge is 0.387 e. The van der Waals surface area contributed by atoms with Crippen LogP contribution >= 0.6 is 0 Å². The van der Waals surface area contributed by atoms with E-state index in [0.29, 0.717) is 0 Å². The Morgan fingerprint density at radius 2 is 1.95 bits per heavy atom. The molecule has 0 atom stereocenters. The zero-order valence-electron chi connectivity index (χ0n) is 9.94. The first-order valence-electron chi connectivity index (χ1n) is 5.54. The molecule has 2 N–H and O–H groups in total. The molecule has 1 rings (SSSR count). The SMILES string of the molecule is O=C(O)CCCC(=O)Nc1ccccc1OC(F)F. The molecule has 5 nitrogen and oxygen atoms in total. The molecule has 0 radical (unpaired) electrons. The van der Waals surface area contributed by atoms with Crippen molar-refractivity contribution in [2.24, 2.45) is 0 Å². The lowest BCUT2D eigenvalue weighted by atomic mass is 10.2. The van der Waals surface area contributed by atoms with Gasteiger partial charge in [0.15, 0.2) is 0 Å². The van der Waals surface area contributed by atoms with Crippen LogP contribution in [-0.2, 0) is 9.59 Å². The van der Waals surface area contributed by atoms with Crippen molar-refractivity contribution in [3.05, 3.63) is 24.3 Å². The highest BCUT2D eigenvalue weighted by molar-refractivity contribution is 5.92. The second kappa shape index (κ2) is 7.30. The van der Waals surface area contributed by atoms with E-state index in [1.807, 2.05) is 0 Å². The number of alkyl halides is 2. The number of aliphatic carboxylic acids is 1. The molecule has 0 aliphatic carbocycles. The molecule has 0 spiro atoms. The number of hydrogen-bond acceptors (Lipinski definition) is 3. The fourth-order valence-electron chi connectivity index (χ4n) is 1.38. The average Bonchev–Trinajstić information content (AvgIpc) is 2.30. The number of anilines is 1. The lowest BCUT2D eigenvalue weighted by molar-refractivity contribution is -0.137. The Morgan fingerprint density at radius 1 is 1.26 bits per heavy atom. The predicted molar refractivity (Wildman–Crippen MR) is 63.2 cm³/mol. The lowest BCUT2D eigenvalue weighted by Gasteiger charge is -2.11. The van der Waals surface area contributed by atoms with Crippen LogP contribution in [0, 0.1) is 0 Å². The van der Waals surface area contributed by atoms with E-state index in [2.05, 4.69) is 10.1 Å². The molecular weight excluding hydrogens is 260 g/mol. The molecule has 0 fully saturated rings. The summed E-state index contributed by atoms with van der Waals surface area (Å²) < 4.78 is 28.5. The summed E-state index contributed by atoms with van der Waals surface area (Å²) in [5.41, 5.74) is 0.128. The molecule has 0 aliphatic rings. The number of ether oxygens (including phenoxy) is 1. The summed E-state index contributed by atoms with van der Waals surface area (Å²) in [6, 6.07) is 5.79. The second-order valence-corrected chi connectivity index (χ2v) is 3.67. The molecule has 0 saturated heterocycles. The summed E-state index contributed by atoms with van der Waals surface area (Å²) in [7, 11) is 0. The maximum absolute atomic E-state index is 12.1. The number of amides is 1. The molecule has 0 unspecified atom stereocenters. The minimum atomic E-state index is -2.98. The van der Waals surface area contributed by atoms with Crippen molar-refractivity contribution < 1.29 is 28.2 Å². The number of benzene rings is 1. The van der Waals surface area contributed by atoms with E-state index in [1.54, 1.807) is 6.07 Å². The molecule has 1 aromatic carbocycles. The second-order valence-electron chi connectivity index (χ2n) is 3.67. The van der Waals surface area contributed by atoms with E-state index in [4.69, 9.17) is 5.11 Å². The number of carbonyl (C=O) groups is 2. The van der Waals surface area contributed by atoms with Gasteiger partial charge < -0.3 is 15.2 Å². The van der Waals surface area contributed by atoms with Gasteiger partial charge in [-0.15, -0.1) is 0 Å². The molecule has 104 valence electrons. The van der Waals surface area contributed by atoms with Crippen LogP contribution in [0.25, 0.3) is 0 Å². The normalized spacial score (nSPS) is 10.3. The Balaban J connectivity index is 2.56. The van der Waals surface area contributed by atoms with Gasteiger partial charge in [-0.1, -0.05) is 12.1 Å². The molecule has 0 aromatic heterocycles. The zero-order valence-corrected chi connectivity index (χ0v) is 9.94. The van der Waals surface area contributed by atoms with Crippen LogP contribution in [0.2, 0.25) is 0 Å². The van der Waals surface area contributed by atoms with Crippen molar-refractivity contribution in [2.75, 3.05) is 5.32 Å². The summed E-state index contributed by atoms with van der Waals surface area (Å²) >= 11 is 0. The largest absolute Gasteiger partial charge is 0.481 e. The van der Waals surface area contributed by atoms with Crippen molar-refractivity contribution >= 4 is 17.6 Å². The molecular formula is C12H13F2NO4. The summed E-state index contributed by atoms with van der Waals surface area (Å²) in [5, 5.41) is 10.8. The first kappa shape index (κ1) is 14.9. The van der Waals surface area contributed by atoms with E-state index < -0.39 is 18.5 Å². The molecule has 1 aromatic rings. The number of nitrogens with one attached hydrogen (secondary N) is 1. The number of carboxylic acid groups (broad SMARTS) is 1. The van der Waals surface area contributed by atoms with Gasteiger partial charge in [-0.3, -0.25) is 9.59 Å². The Kier molecular flexibility index (Phi) is 5.72. The van der Waals surface area contributed by atoms with Crippen LogP contribution in [0.1, 0.15) is 19.3 Å². The van der Waals surface area contributed by atoms with Crippen molar-refractivity contribution in [1.29, 1.82) is 0 Å². The number of halogens is 2. The molecule has 1 amide bonds. The number of hydrogen-bond donors (Lipinski definition) is 2. The third-order valence-corrected chi connectivity index (χ3v) is 2.17. The first-order valence-corrected chi connectivity index (χ1v) is 5.54. The molecule has 0 saturated carbocycles. The van der Waals surface area contributed by atoms with Gasteiger partial charge in [-0.05, 0) is 18.6 Å². The van der Waals surface area contributed by atoms with Crippen molar-refractivity contribution in [3.8, 4) is 5.75 Å². The highest BCUT2D eigenvalue weighted by Gasteiger charge is 2.11. The number of carbonyl (C=O) groups excluding carboxylic acids is 1. The predicted octanol–water partition coefficient (Wildman–Crippen LogP) is 2.48. The third-order valence-electron chi connectivity index (χ3n) is 2.17. The van der Waals surface area contributed by atoms with Crippen LogP contribution in [0.3, 0.4) is 0 Å². The minimum absolute atomic E-state index is 0.00465. The topological polar surface area (TPSA) is 75.6 Å². The van der Waals surface area contributed by atoms with Gasteiger partial charge >= 0.3 is 12.6 Å². The maximum atomic E-state index is 12.1. The molecule has 7 heteroatoms. The summed E-state index contributed by atoms with van der Waals surface area (Å²) in [6.07, 6.45) is 0.0525. The summed E-state index contributed by atoms with van der Waals surface area (Å²) in [4.78, 5) is 21.8. The first-order chi connectivity index (χ1) is 8.99. The van der Waals surface area contributed by atoms with Gasteiger partial charge in [-0.2, -0.15) is 8.78 Å². The third kappa shape index (κ3) is 5.80. The molecule has 0 aliphatic heterocycles. The van der Waals surface area contributed by atoms with E-state index >= 15 is 0 Å². The van der Waals surface area contributed by atoms with Crippen LogP contribution in [0.15, 0.2) is 24.3 Å². The van der Waals surface area contributed by atoms with Crippen LogP contribution in [-0.4, -0.2) is 23.6 Å². The van der Waals surface area contributed by atoms with Gasteiger partial charge in [0.05, 0.1) is 5.69 Å². The average molecular weight is 273 g/mol. The summed E-state index contributed by atoms with van der Waals surface area (Å²) in [6.45, 7) is -2.98. The number of para-hydroxylation sites is 2. The van der Waals surface area contributed by atoms with E-state index in [0.717, 1.165) is 0 Å². The molecule has 19 heavy (non-hydrogen) atoms. The number of carboxylic acids is 1. The van der Waals surface area contributed by atoms with Crippen LogP contribution in [0.5, 0.6) is 5.75 Å². The molecule has 0 bridgehead atoms. The van der Waals surface area contributed by atoms with E-state index in [1.165, 1.54) is 18.2 Å². The van der Waals surface area contributed by atoms with Crippen LogP contribution < -0.4 is 10.1 Å². The molecule has 0 heterocycles. The van der Waals surface area contributed by atoms with Crippen molar-refractivity contribution in [1.82, 2.24) is 0 Å². The van der Waals surface area contributed by atoms with E-state index in [9.17, 15) is 18.4 Å². The lowest BCUT2D eigenvalue weighted by Crippen LogP contribution is -2.13. The van der Waals surface area contributed by atoms with Gasteiger partial charge in [0.2, 0.25) is 5.91 Å². The summed E-state index contributed by atoms with van der Waals surface area (Å²) in [5.74, 6) is -1.58. The Bertz CT molecular complexity index is 451. The Hall–Kier alpha value is -2.18. The Labute approximate surface area is 108 Å². The van der Waals surface area contributed by atoms with Gasteiger partial charge in [-0.25, -0.2) is 0 Å².